The Bertz CT molecular complexity index is 568. The molecule has 3 heteroatoms. The highest BCUT2D eigenvalue weighted by atomic mass is 16.5. The second-order valence-electron chi connectivity index (χ2n) is 4.64. The van der Waals surface area contributed by atoms with Gasteiger partial charge in [0.05, 0.1) is 13.4 Å². The second kappa shape index (κ2) is 5.74. The predicted octanol–water partition coefficient (Wildman–Crippen LogP) is 3.72. The zero-order valence-electron chi connectivity index (χ0n) is 11.5. The Balaban J connectivity index is 2.12. The van der Waals surface area contributed by atoms with Crippen molar-refractivity contribution in [1.82, 2.24) is 0 Å². The molecular formula is C16H18O3. The topological polar surface area (TPSA) is 39.4 Å². The number of methoxy groups -OCH3 is 1. The fraction of sp³-hybridized carbons (Fsp3) is 0.312. The largest absolute Gasteiger partial charge is 0.496 e. The van der Waals surface area contributed by atoms with E-state index in [9.17, 15) is 4.79 Å². The first-order valence-electron chi connectivity index (χ1n) is 6.32. The summed E-state index contributed by atoms with van der Waals surface area (Å²) in [6.07, 6.45) is 2.72. The van der Waals surface area contributed by atoms with E-state index < -0.39 is 0 Å². The zero-order chi connectivity index (χ0) is 13.8. The molecule has 1 aromatic carbocycles. The number of furan rings is 1. The van der Waals surface area contributed by atoms with Gasteiger partial charge in [-0.2, -0.15) is 0 Å². The Hall–Kier alpha value is -2.03. The van der Waals surface area contributed by atoms with E-state index in [1.54, 1.807) is 13.4 Å². The van der Waals surface area contributed by atoms with Gasteiger partial charge in [0.25, 0.3) is 0 Å². The Morgan fingerprint density at radius 1 is 1.26 bits per heavy atom. The molecule has 2 aromatic rings. The van der Waals surface area contributed by atoms with E-state index in [0.717, 1.165) is 28.2 Å². The molecule has 19 heavy (non-hydrogen) atoms. The Kier molecular flexibility index (Phi) is 4.05. The molecule has 2 rings (SSSR count). The summed E-state index contributed by atoms with van der Waals surface area (Å²) in [5, 5.41) is 0. The zero-order valence-corrected chi connectivity index (χ0v) is 11.5. The first-order chi connectivity index (χ1) is 9.11. The summed E-state index contributed by atoms with van der Waals surface area (Å²) >= 11 is 0. The van der Waals surface area contributed by atoms with Crippen molar-refractivity contribution in [2.75, 3.05) is 7.11 Å². The van der Waals surface area contributed by atoms with Crippen LogP contribution in [0.4, 0.5) is 0 Å². The highest BCUT2D eigenvalue weighted by Crippen LogP contribution is 2.23. The summed E-state index contributed by atoms with van der Waals surface area (Å²) in [5.74, 6) is 1.80. The third-order valence-corrected chi connectivity index (χ3v) is 3.22. The van der Waals surface area contributed by atoms with Crippen LogP contribution in [0.3, 0.4) is 0 Å². The molecule has 0 aliphatic rings. The van der Waals surface area contributed by atoms with Crippen molar-refractivity contribution in [3.63, 3.8) is 0 Å². The summed E-state index contributed by atoms with van der Waals surface area (Å²) in [4.78, 5) is 12.2. The number of rotatable bonds is 5. The molecule has 0 saturated carbocycles. The number of Topliss-reactive ketones (excluding diaryl/α,β-unsaturated/α-hetero) is 1. The van der Waals surface area contributed by atoms with Crippen molar-refractivity contribution in [2.24, 2.45) is 0 Å². The van der Waals surface area contributed by atoms with Gasteiger partial charge in [-0.15, -0.1) is 0 Å². The number of hydrogen-bond acceptors (Lipinski definition) is 3. The first kappa shape index (κ1) is 13.4. The molecule has 0 unspecified atom stereocenters. The van der Waals surface area contributed by atoms with Crippen LogP contribution >= 0.6 is 0 Å². The van der Waals surface area contributed by atoms with Gasteiger partial charge in [-0.25, -0.2) is 0 Å². The van der Waals surface area contributed by atoms with Crippen LogP contribution in [-0.2, 0) is 6.42 Å². The van der Waals surface area contributed by atoms with Crippen molar-refractivity contribution in [3.05, 3.63) is 53.0 Å². The molecule has 0 atom stereocenters. The summed E-state index contributed by atoms with van der Waals surface area (Å²) < 4.78 is 10.5. The molecule has 0 saturated heterocycles. The molecule has 0 bridgehead atoms. The highest BCUT2D eigenvalue weighted by Gasteiger charge is 2.12. The van der Waals surface area contributed by atoms with Gasteiger partial charge >= 0.3 is 0 Å². The van der Waals surface area contributed by atoms with Crippen molar-refractivity contribution >= 4 is 5.78 Å². The number of benzene rings is 1. The van der Waals surface area contributed by atoms with Crippen LogP contribution < -0.4 is 4.74 Å². The van der Waals surface area contributed by atoms with Gasteiger partial charge in [0.1, 0.15) is 11.5 Å². The minimum absolute atomic E-state index is 0.139. The molecule has 0 amide bonds. The number of aryl methyl sites for hydroxylation is 3. The number of hydrogen-bond donors (Lipinski definition) is 0. The molecular weight excluding hydrogens is 240 g/mol. The van der Waals surface area contributed by atoms with Crippen molar-refractivity contribution in [3.8, 4) is 5.75 Å². The van der Waals surface area contributed by atoms with Gasteiger partial charge < -0.3 is 9.15 Å². The van der Waals surface area contributed by atoms with Gasteiger partial charge in [-0.3, -0.25) is 4.79 Å². The van der Waals surface area contributed by atoms with E-state index in [1.807, 2.05) is 38.1 Å². The lowest BCUT2D eigenvalue weighted by atomic mass is 9.98. The molecule has 1 heterocycles. The molecule has 0 fully saturated rings. The van der Waals surface area contributed by atoms with Gasteiger partial charge in [-0.1, -0.05) is 0 Å². The molecule has 0 spiro atoms. The lowest BCUT2D eigenvalue weighted by Crippen LogP contribution is -2.04. The quantitative estimate of drug-likeness (QED) is 0.767. The summed E-state index contributed by atoms with van der Waals surface area (Å²) in [5.41, 5.74) is 2.70. The Morgan fingerprint density at radius 2 is 2.05 bits per heavy atom. The Labute approximate surface area is 113 Å². The average Bonchev–Trinajstić information content (AvgIpc) is 2.91. The lowest BCUT2D eigenvalue weighted by molar-refractivity contribution is 0.0980. The van der Waals surface area contributed by atoms with Crippen molar-refractivity contribution < 1.29 is 13.9 Å². The van der Waals surface area contributed by atoms with Crippen LogP contribution in [0.15, 0.2) is 34.9 Å². The van der Waals surface area contributed by atoms with Crippen LogP contribution in [0.1, 0.15) is 33.7 Å². The van der Waals surface area contributed by atoms with Crippen LogP contribution in [0.25, 0.3) is 0 Å². The summed E-state index contributed by atoms with van der Waals surface area (Å²) in [6, 6.07) is 7.54. The molecule has 0 radical (unpaired) electrons. The standard InChI is InChI=1S/C16H18O3/c1-11-10-16(18-3)12(2)9-14(11)15(17)7-6-13-5-4-8-19-13/h4-5,8-10H,6-7H2,1-3H3. The predicted molar refractivity (Wildman–Crippen MR) is 73.8 cm³/mol. The molecule has 0 aliphatic carbocycles. The maximum absolute atomic E-state index is 12.2. The third kappa shape index (κ3) is 3.05. The molecule has 100 valence electrons. The highest BCUT2D eigenvalue weighted by molar-refractivity contribution is 5.97. The van der Waals surface area contributed by atoms with Gasteiger partial charge in [-0.05, 0) is 49.2 Å². The van der Waals surface area contributed by atoms with Crippen molar-refractivity contribution in [1.29, 1.82) is 0 Å². The van der Waals surface area contributed by atoms with E-state index in [4.69, 9.17) is 9.15 Å². The second-order valence-corrected chi connectivity index (χ2v) is 4.64. The van der Waals surface area contributed by atoms with Crippen LogP contribution in [0.5, 0.6) is 5.75 Å². The van der Waals surface area contributed by atoms with Crippen LogP contribution in [0, 0.1) is 13.8 Å². The van der Waals surface area contributed by atoms with E-state index in [0.29, 0.717) is 12.8 Å². The first-order valence-corrected chi connectivity index (χ1v) is 6.32. The SMILES string of the molecule is COc1cc(C)c(C(=O)CCc2ccco2)cc1C. The van der Waals surface area contributed by atoms with Gasteiger partial charge in [0.2, 0.25) is 0 Å². The molecule has 0 aliphatic heterocycles. The smallest absolute Gasteiger partial charge is 0.163 e. The van der Waals surface area contributed by atoms with Crippen LogP contribution in [-0.4, -0.2) is 12.9 Å². The molecule has 3 nitrogen and oxygen atoms in total. The summed E-state index contributed by atoms with van der Waals surface area (Å²) in [6.45, 7) is 3.88. The average molecular weight is 258 g/mol. The summed E-state index contributed by atoms with van der Waals surface area (Å²) in [7, 11) is 1.64. The van der Waals surface area contributed by atoms with E-state index in [1.165, 1.54) is 0 Å². The third-order valence-electron chi connectivity index (χ3n) is 3.22. The van der Waals surface area contributed by atoms with Gasteiger partial charge in [0.15, 0.2) is 5.78 Å². The maximum atomic E-state index is 12.2. The monoisotopic (exact) mass is 258 g/mol. The number of ether oxygens (including phenoxy) is 1. The minimum Gasteiger partial charge on any atom is -0.496 e. The van der Waals surface area contributed by atoms with E-state index in [2.05, 4.69) is 0 Å². The Morgan fingerprint density at radius 3 is 2.68 bits per heavy atom. The van der Waals surface area contributed by atoms with E-state index >= 15 is 0 Å². The number of carbonyl (C=O) groups excluding carboxylic acids is 1. The van der Waals surface area contributed by atoms with E-state index in [-0.39, 0.29) is 5.78 Å². The molecule has 0 N–H and O–H groups in total. The van der Waals surface area contributed by atoms with Crippen LogP contribution in [0.2, 0.25) is 0 Å². The minimum atomic E-state index is 0.139. The lowest BCUT2D eigenvalue weighted by Gasteiger charge is -2.10. The normalized spacial score (nSPS) is 10.5. The number of carbonyl (C=O) groups is 1. The fourth-order valence-electron chi connectivity index (χ4n) is 2.14. The maximum Gasteiger partial charge on any atom is 0.163 e. The van der Waals surface area contributed by atoms with Crippen molar-refractivity contribution in [2.45, 2.75) is 26.7 Å². The molecule has 1 aromatic heterocycles. The van der Waals surface area contributed by atoms with Gasteiger partial charge in [0, 0.05) is 18.4 Å². The number of ketones is 1. The fourth-order valence-corrected chi connectivity index (χ4v) is 2.14.